The molecule has 0 bridgehead atoms. The van der Waals surface area contributed by atoms with Crippen LogP contribution in [0.5, 0.6) is 0 Å². The molecule has 0 aromatic rings. The van der Waals surface area contributed by atoms with Crippen LogP contribution in [0.4, 0.5) is 0 Å². The summed E-state index contributed by atoms with van der Waals surface area (Å²) in [6.07, 6.45) is 2.67. The number of hydrogen-bond donors (Lipinski definition) is 1. The summed E-state index contributed by atoms with van der Waals surface area (Å²) in [5.74, 6) is 0. The van der Waals surface area contributed by atoms with Crippen LogP contribution in [0.3, 0.4) is 0 Å². The van der Waals surface area contributed by atoms with E-state index < -0.39 is 0 Å². The molecular weight excluding hydrogens is 148 g/mol. The molecule has 0 radical (unpaired) electrons. The summed E-state index contributed by atoms with van der Waals surface area (Å²) in [5, 5.41) is 0. The molecular formula is C7H17ClN2. The zero-order valence-electron chi connectivity index (χ0n) is 6.76. The van der Waals surface area contributed by atoms with E-state index >= 15 is 0 Å². The second-order valence-electron chi connectivity index (χ2n) is 3.44. The van der Waals surface area contributed by atoms with Crippen LogP contribution < -0.4 is 5.73 Å². The van der Waals surface area contributed by atoms with Crippen LogP contribution in [-0.4, -0.2) is 32.1 Å². The smallest absolute Gasteiger partial charge is 0.00440 e. The number of nitrogens with two attached hydrogens (primary N) is 1. The normalized spacial score (nSPS) is 20.4. The molecule has 10 heavy (non-hydrogen) atoms. The van der Waals surface area contributed by atoms with Gasteiger partial charge in [0, 0.05) is 6.54 Å². The van der Waals surface area contributed by atoms with Gasteiger partial charge in [0.05, 0.1) is 0 Å². The third-order valence-corrected chi connectivity index (χ3v) is 2.04. The predicted molar refractivity (Wildman–Crippen MR) is 46.5 cm³/mol. The van der Waals surface area contributed by atoms with Crippen molar-refractivity contribution in [3.05, 3.63) is 0 Å². The molecule has 0 aliphatic heterocycles. The summed E-state index contributed by atoms with van der Waals surface area (Å²) in [7, 11) is 4.21. The van der Waals surface area contributed by atoms with Crippen molar-refractivity contribution < 1.29 is 0 Å². The number of rotatable bonds is 3. The summed E-state index contributed by atoms with van der Waals surface area (Å²) in [6.45, 7) is 2.04. The van der Waals surface area contributed by atoms with Gasteiger partial charge in [-0.25, -0.2) is 0 Å². The highest BCUT2D eigenvalue weighted by Gasteiger charge is 2.41. The Labute approximate surface area is 69.2 Å². The number of nitrogens with zero attached hydrogens (tertiary/aromatic N) is 1. The lowest BCUT2D eigenvalue weighted by Gasteiger charge is -2.17. The standard InChI is InChI=1S/C7H16N2.ClH/c1-9(2)6-7(5-8)3-4-7;/h3-6,8H2,1-2H3;1H. The van der Waals surface area contributed by atoms with E-state index in [1.807, 2.05) is 0 Å². The second kappa shape index (κ2) is 3.56. The topological polar surface area (TPSA) is 29.3 Å². The molecule has 0 aromatic heterocycles. The van der Waals surface area contributed by atoms with Crippen molar-refractivity contribution in [3.8, 4) is 0 Å². The molecule has 2 nitrogen and oxygen atoms in total. The molecule has 1 aliphatic rings. The summed E-state index contributed by atoms with van der Waals surface area (Å²) in [5.41, 5.74) is 6.11. The molecule has 2 N–H and O–H groups in total. The lowest BCUT2D eigenvalue weighted by atomic mass is 10.1. The molecule has 0 atom stereocenters. The summed E-state index contributed by atoms with van der Waals surface area (Å²) < 4.78 is 0. The largest absolute Gasteiger partial charge is 0.330 e. The maximum Gasteiger partial charge on any atom is 0.00440 e. The predicted octanol–water partition coefficient (Wildman–Crippen LogP) is 0.709. The molecule has 0 heterocycles. The van der Waals surface area contributed by atoms with Gasteiger partial charge in [0.15, 0.2) is 0 Å². The first-order chi connectivity index (χ1) is 4.18. The van der Waals surface area contributed by atoms with Crippen LogP contribution >= 0.6 is 12.4 Å². The highest BCUT2D eigenvalue weighted by molar-refractivity contribution is 5.85. The summed E-state index contributed by atoms with van der Waals surface area (Å²) in [6, 6.07) is 0. The van der Waals surface area contributed by atoms with Gasteiger partial charge >= 0.3 is 0 Å². The molecule has 0 unspecified atom stereocenters. The maximum atomic E-state index is 5.59. The van der Waals surface area contributed by atoms with Gasteiger partial charge in [-0.05, 0) is 38.9 Å². The lowest BCUT2D eigenvalue weighted by molar-refractivity contribution is 0.314. The van der Waals surface area contributed by atoms with Crippen LogP contribution in [0, 0.1) is 5.41 Å². The van der Waals surface area contributed by atoms with Crippen molar-refractivity contribution in [2.75, 3.05) is 27.2 Å². The Morgan fingerprint density at radius 3 is 2.00 bits per heavy atom. The van der Waals surface area contributed by atoms with Gasteiger partial charge in [-0.3, -0.25) is 0 Å². The van der Waals surface area contributed by atoms with Crippen LogP contribution in [0.25, 0.3) is 0 Å². The van der Waals surface area contributed by atoms with E-state index in [1.165, 1.54) is 19.4 Å². The fourth-order valence-corrected chi connectivity index (χ4v) is 1.27. The Morgan fingerprint density at radius 2 is 1.90 bits per heavy atom. The van der Waals surface area contributed by atoms with Crippen LogP contribution in [0.1, 0.15) is 12.8 Å². The third kappa shape index (κ3) is 2.45. The molecule has 0 aromatic carbocycles. The molecule has 0 amide bonds. The highest BCUT2D eigenvalue weighted by atomic mass is 35.5. The monoisotopic (exact) mass is 164 g/mol. The Hall–Kier alpha value is 0.210. The molecule has 1 fully saturated rings. The zero-order chi connectivity index (χ0) is 6.91. The Kier molecular flexibility index (Phi) is 3.63. The van der Waals surface area contributed by atoms with Gasteiger partial charge in [-0.15, -0.1) is 12.4 Å². The number of halogens is 1. The first kappa shape index (κ1) is 10.2. The van der Waals surface area contributed by atoms with Crippen molar-refractivity contribution in [1.82, 2.24) is 4.90 Å². The van der Waals surface area contributed by atoms with Gasteiger partial charge < -0.3 is 10.6 Å². The highest BCUT2D eigenvalue weighted by Crippen LogP contribution is 2.44. The molecule has 3 heteroatoms. The van der Waals surface area contributed by atoms with E-state index in [0.717, 1.165) is 6.54 Å². The number of hydrogen-bond acceptors (Lipinski definition) is 2. The minimum atomic E-state index is 0. The SMILES string of the molecule is CN(C)CC1(CN)CC1.Cl. The van der Waals surface area contributed by atoms with E-state index in [4.69, 9.17) is 5.73 Å². The van der Waals surface area contributed by atoms with Crippen molar-refractivity contribution in [2.45, 2.75) is 12.8 Å². The van der Waals surface area contributed by atoms with Crippen molar-refractivity contribution in [3.63, 3.8) is 0 Å². The van der Waals surface area contributed by atoms with Crippen molar-refractivity contribution in [1.29, 1.82) is 0 Å². The maximum absolute atomic E-state index is 5.59. The first-order valence-corrected chi connectivity index (χ1v) is 3.53. The molecule has 1 saturated carbocycles. The van der Waals surface area contributed by atoms with Gasteiger partial charge in [0.25, 0.3) is 0 Å². The minimum Gasteiger partial charge on any atom is -0.330 e. The van der Waals surface area contributed by atoms with Gasteiger partial charge in [0.2, 0.25) is 0 Å². The molecule has 1 rings (SSSR count). The average Bonchev–Trinajstić information content (AvgIpc) is 2.48. The fourth-order valence-electron chi connectivity index (χ4n) is 1.27. The first-order valence-electron chi connectivity index (χ1n) is 3.53. The molecule has 0 saturated heterocycles. The second-order valence-corrected chi connectivity index (χ2v) is 3.44. The minimum absolute atomic E-state index is 0. The average molecular weight is 165 g/mol. The summed E-state index contributed by atoms with van der Waals surface area (Å²) >= 11 is 0. The van der Waals surface area contributed by atoms with Crippen molar-refractivity contribution >= 4 is 12.4 Å². The van der Waals surface area contributed by atoms with E-state index in [1.54, 1.807) is 0 Å². The van der Waals surface area contributed by atoms with E-state index in [-0.39, 0.29) is 12.4 Å². The Morgan fingerprint density at radius 1 is 1.40 bits per heavy atom. The van der Waals surface area contributed by atoms with E-state index in [9.17, 15) is 0 Å². The molecule has 0 spiro atoms. The fraction of sp³-hybridized carbons (Fsp3) is 1.00. The van der Waals surface area contributed by atoms with E-state index in [2.05, 4.69) is 19.0 Å². The molecule has 62 valence electrons. The molecule has 1 aliphatic carbocycles. The van der Waals surface area contributed by atoms with Gasteiger partial charge in [0.1, 0.15) is 0 Å². The van der Waals surface area contributed by atoms with Gasteiger partial charge in [-0.2, -0.15) is 0 Å². The van der Waals surface area contributed by atoms with Crippen LogP contribution in [-0.2, 0) is 0 Å². The van der Waals surface area contributed by atoms with E-state index in [0.29, 0.717) is 5.41 Å². The summed E-state index contributed by atoms with van der Waals surface area (Å²) in [4.78, 5) is 2.22. The quantitative estimate of drug-likeness (QED) is 0.666. The zero-order valence-corrected chi connectivity index (χ0v) is 7.58. The van der Waals surface area contributed by atoms with Crippen LogP contribution in [0.2, 0.25) is 0 Å². The Balaban J connectivity index is 0.000000810. The Bertz CT molecular complexity index is 99.8. The lowest BCUT2D eigenvalue weighted by Crippen LogP contribution is -2.28. The van der Waals surface area contributed by atoms with Crippen LogP contribution in [0.15, 0.2) is 0 Å². The van der Waals surface area contributed by atoms with Crippen molar-refractivity contribution in [2.24, 2.45) is 11.1 Å². The third-order valence-electron chi connectivity index (χ3n) is 2.04. The van der Waals surface area contributed by atoms with Gasteiger partial charge in [-0.1, -0.05) is 0 Å².